The van der Waals surface area contributed by atoms with Gasteiger partial charge in [-0.15, -0.1) is 0 Å². The van der Waals surface area contributed by atoms with E-state index in [1.165, 1.54) is 24.3 Å². The number of hydrogen-bond donors (Lipinski definition) is 3. The molecule has 0 saturated heterocycles. The summed E-state index contributed by atoms with van der Waals surface area (Å²) in [4.78, 5) is 28.1. The van der Waals surface area contributed by atoms with Gasteiger partial charge in [-0.05, 0) is 62.2 Å². The number of nitrogens with two attached hydrogens (primary N) is 2. The number of pyridine rings is 1. The highest BCUT2D eigenvalue weighted by molar-refractivity contribution is 5.78. The maximum absolute atomic E-state index is 16.1. The zero-order chi connectivity index (χ0) is 37.2. The molecule has 52 heavy (non-hydrogen) atoms. The van der Waals surface area contributed by atoms with Crippen LogP contribution in [0.2, 0.25) is 0 Å². The predicted molar refractivity (Wildman–Crippen MR) is 191 cm³/mol. The van der Waals surface area contributed by atoms with Crippen LogP contribution in [0, 0.1) is 23.0 Å². The number of nitrogens with zero attached hydrogens (tertiary/aromatic N) is 6. The number of ether oxygens (including phenoxy) is 3. The number of nitriles is 1. The van der Waals surface area contributed by atoms with Gasteiger partial charge in [0.15, 0.2) is 23.3 Å². The van der Waals surface area contributed by atoms with Gasteiger partial charge in [-0.1, -0.05) is 30.3 Å². The molecular formula is C37H38F2N8O5. The minimum Gasteiger partial charge on any atom is -0.485 e. The van der Waals surface area contributed by atoms with Gasteiger partial charge in [0.2, 0.25) is 11.6 Å². The Labute approximate surface area is 299 Å². The Kier molecular flexibility index (Phi) is 12.2. The topological polar surface area (TPSA) is 185 Å². The third-order valence-electron chi connectivity index (χ3n) is 8.27. The summed E-state index contributed by atoms with van der Waals surface area (Å²) in [5, 5.41) is 19.5. The number of halogens is 2. The summed E-state index contributed by atoms with van der Waals surface area (Å²) in [6.45, 7) is 1.05. The first-order valence-electron chi connectivity index (χ1n) is 16.3. The molecule has 1 aromatic heterocycles. The maximum Gasteiger partial charge on any atom is 0.326 e. The Balaban J connectivity index is 1.43. The first-order chi connectivity index (χ1) is 25.0. The number of aliphatic carboxylic acids is 1. The number of hydrogen-bond acceptors (Lipinski definition) is 10. The largest absolute Gasteiger partial charge is 0.485 e. The summed E-state index contributed by atoms with van der Waals surface area (Å²) in [7, 11) is 3.47. The summed E-state index contributed by atoms with van der Waals surface area (Å²) in [6.07, 6.45) is 3.33. The van der Waals surface area contributed by atoms with Crippen molar-refractivity contribution in [3.05, 3.63) is 101 Å². The van der Waals surface area contributed by atoms with Crippen LogP contribution >= 0.6 is 0 Å². The normalized spacial score (nSPS) is 14.3. The number of likely N-dealkylation sites (N-methyl/N-ethyl adjacent to an activating group) is 1. The van der Waals surface area contributed by atoms with E-state index in [1.807, 2.05) is 48.3 Å². The molecule has 3 aromatic carbocycles. The van der Waals surface area contributed by atoms with Gasteiger partial charge < -0.3 is 35.7 Å². The van der Waals surface area contributed by atoms with E-state index in [4.69, 9.17) is 25.7 Å². The number of aromatic nitrogens is 1. The quantitative estimate of drug-likeness (QED) is 0.0731. The molecule has 2 atom stereocenters. The SMILES string of the molecule is CN1CC=NC1c1cc(N(C)C(CCCCN=C(N)N)C(=O)O)ccc1Oc1c(F)cnc(Oc2cc(C#N)ccc2OCc2ccccc2)c1F. The van der Waals surface area contributed by atoms with Crippen LogP contribution < -0.4 is 30.6 Å². The summed E-state index contributed by atoms with van der Waals surface area (Å²) in [6, 6.07) is 19.6. The number of carboxylic acids is 1. The van der Waals surface area contributed by atoms with Gasteiger partial charge in [-0.2, -0.15) is 9.65 Å². The smallest absolute Gasteiger partial charge is 0.326 e. The standard InChI is InChI=1S/C37H38F2N8O5/c1-46-17-16-43-34(46)26-19-25(47(2)28(36(48)49)10-6-7-15-44-37(41)42)12-14-29(26)51-33-27(38)21-45-35(32(33)39)52-31-18-24(20-40)11-13-30(31)50-22-23-8-4-3-5-9-23/h3-5,8-9,11-14,16,18-19,21,28,34H,6-7,10,15,17,22H2,1-2H3,(H,48,49)(H4,41,42,44). The van der Waals surface area contributed by atoms with Crippen LogP contribution in [0.3, 0.4) is 0 Å². The van der Waals surface area contributed by atoms with Crippen molar-refractivity contribution in [2.45, 2.75) is 38.1 Å². The molecular weight excluding hydrogens is 674 g/mol. The van der Waals surface area contributed by atoms with Crippen molar-refractivity contribution in [2.75, 3.05) is 32.1 Å². The van der Waals surface area contributed by atoms with Gasteiger partial charge >= 0.3 is 5.97 Å². The van der Waals surface area contributed by atoms with Crippen LogP contribution in [-0.4, -0.2) is 66.4 Å². The van der Waals surface area contributed by atoms with Crippen LogP contribution in [0.5, 0.6) is 28.9 Å². The number of rotatable bonds is 16. The van der Waals surface area contributed by atoms with Gasteiger partial charge in [0.05, 0.1) is 17.8 Å². The fourth-order valence-electron chi connectivity index (χ4n) is 5.50. The lowest BCUT2D eigenvalue weighted by Gasteiger charge is -2.29. The lowest BCUT2D eigenvalue weighted by molar-refractivity contribution is -0.138. The van der Waals surface area contributed by atoms with Crippen LogP contribution in [0.1, 0.15) is 42.1 Å². The van der Waals surface area contributed by atoms with E-state index in [1.54, 1.807) is 30.3 Å². The summed E-state index contributed by atoms with van der Waals surface area (Å²) < 4.78 is 49.0. The Morgan fingerprint density at radius 1 is 1.10 bits per heavy atom. The number of carbonyl (C=O) groups is 1. The Morgan fingerprint density at radius 2 is 1.87 bits per heavy atom. The van der Waals surface area contributed by atoms with E-state index in [0.29, 0.717) is 43.6 Å². The second kappa shape index (κ2) is 17.1. The number of aliphatic imine (C=N–C) groups is 2. The maximum atomic E-state index is 16.1. The van der Waals surface area contributed by atoms with Crippen LogP contribution in [0.25, 0.3) is 0 Å². The minimum absolute atomic E-state index is 0.0156. The Bertz CT molecular complexity index is 1990. The molecule has 2 heterocycles. The molecule has 0 saturated carbocycles. The lowest BCUT2D eigenvalue weighted by atomic mass is 10.1. The van der Waals surface area contributed by atoms with Crippen molar-refractivity contribution in [1.82, 2.24) is 9.88 Å². The monoisotopic (exact) mass is 712 g/mol. The summed E-state index contributed by atoms with van der Waals surface area (Å²) in [5.41, 5.74) is 12.8. The molecule has 5 N–H and O–H groups in total. The third-order valence-corrected chi connectivity index (χ3v) is 8.27. The van der Waals surface area contributed by atoms with Gasteiger partial charge in [0.25, 0.3) is 5.88 Å². The second-order valence-corrected chi connectivity index (χ2v) is 11.9. The van der Waals surface area contributed by atoms with E-state index < -0.39 is 41.4 Å². The number of anilines is 1. The first kappa shape index (κ1) is 37.0. The second-order valence-electron chi connectivity index (χ2n) is 11.9. The number of guanidine groups is 1. The van der Waals surface area contributed by atoms with Crippen molar-refractivity contribution in [1.29, 1.82) is 5.26 Å². The molecule has 1 aliphatic heterocycles. The fraction of sp³-hybridized carbons (Fsp3) is 0.270. The van der Waals surface area contributed by atoms with Crippen molar-refractivity contribution in [3.8, 4) is 34.9 Å². The molecule has 13 nitrogen and oxygen atoms in total. The van der Waals surface area contributed by atoms with E-state index in [-0.39, 0.29) is 35.4 Å². The number of carboxylic acid groups (broad SMARTS) is 1. The zero-order valence-electron chi connectivity index (χ0n) is 28.6. The molecule has 270 valence electrons. The van der Waals surface area contributed by atoms with E-state index in [9.17, 15) is 15.2 Å². The Hall–Kier alpha value is -6.27. The molecule has 1 aliphatic rings. The molecule has 0 bridgehead atoms. The van der Waals surface area contributed by atoms with Gasteiger partial charge in [-0.3, -0.25) is 14.9 Å². The Morgan fingerprint density at radius 3 is 2.56 bits per heavy atom. The van der Waals surface area contributed by atoms with E-state index >= 15 is 8.78 Å². The predicted octanol–water partition coefficient (Wildman–Crippen LogP) is 5.74. The molecule has 0 radical (unpaired) electrons. The molecule has 5 rings (SSSR count). The molecule has 0 amide bonds. The zero-order valence-corrected chi connectivity index (χ0v) is 28.6. The van der Waals surface area contributed by atoms with Crippen LogP contribution in [0.4, 0.5) is 14.5 Å². The van der Waals surface area contributed by atoms with Crippen molar-refractivity contribution < 1.29 is 32.9 Å². The number of benzene rings is 3. The fourth-order valence-corrected chi connectivity index (χ4v) is 5.50. The lowest BCUT2D eigenvalue weighted by Crippen LogP contribution is -2.38. The van der Waals surface area contributed by atoms with Crippen molar-refractivity contribution in [3.63, 3.8) is 0 Å². The van der Waals surface area contributed by atoms with Crippen LogP contribution in [0.15, 0.2) is 82.9 Å². The van der Waals surface area contributed by atoms with Gasteiger partial charge in [-0.25, -0.2) is 14.2 Å². The molecule has 0 spiro atoms. The average Bonchev–Trinajstić information content (AvgIpc) is 3.57. The van der Waals surface area contributed by atoms with Crippen LogP contribution in [-0.2, 0) is 11.4 Å². The summed E-state index contributed by atoms with van der Waals surface area (Å²) in [5.74, 6) is -4.53. The number of unbranched alkanes of at least 4 members (excludes halogenated alkanes) is 1. The molecule has 2 unspecified atom stereocenters. The molecule has 4 aromatic rings. The third kappa shape index (κ3) is 9.09. The highest BCUT2D eigenvalue weighted by atomic mass is 19.1. The molecule has 15 heteroatoms. The first-order valence-corrected chi connectivity index (χ1v) is 16.3. The molecule has 0 aliphatic carbocycles. The molecule has 0 fully saturated rings. The van der Waals surface area contributed by atoms with Crippen molar-refractivity contribution in [2.24, 2.45) is 21.5 Å². The minimum atomic E-state index is -1.24. The highest BCUT2D eigenvalue weighted by Gasteiger charge is 2.29. The average molecular weight is 713 g/mol. The van der Waals surface area contributed by atoms with E-state index in [2.05, 4.69) is 15.0 Å². The van der Waals surface area contributed by atoms with E-state index in [0.717, 1.165) is 11.8 Å². The van der Waals surface area contributed by atoms with Crippen molar-refractivity contribution >= 4 is 23.8 Å². The van der Waals surface area contributed by atoms with Gasteiger partial charge in [0.1, 0.15) is 24.6 Å². The van der Waals surface area contributed by atoms with Gasteiger partial charge in [0, 0.05) is 43.7 Å². The summed E-state index contributed by atoms with van der Waals surface area (Å²) >= 11 is 0. The highest BCUT2D eigenvalue weighted by Crippen LogP contribution is 2.41.